The average molecular weight is 370 g/mol. The van der Waals surface area contributed by atoms with Gasteiger partial charge in [0.05, 0.1) is 4.92 Å². The van der Waals surface area contributed by atoms with E-state index in [0.29, 0.717) is 17.8 Å². The first kappa shape index (κ1) is 20.1. The molecule has 0 heterocycles. The Morgan fingerprint density at radius 2 is 1.89 bits per heavy atom. The minimum atomic E-state index is -0.523. The van der Waals surface area contributed by atoms with Crippen molar-refractivity contribution in [1.29, 1.82) is 0 Å². The van der Waals surface area contributed by atoms with Crippen LogP contribution < -0.4 is 11.1 Å². The highest BCUT2D eigenvalue weighted by molar-refractivity contribution is 5.94. The van der Waals surface area contributed by atoms with Crippen molar-refractivity contribution in [3.8, 4) is 0 Å². The van der Waals surface area contributed by atoms with Crippen LogP contribution in [-0.2, 0) is 4.79 Å². The van der Waals surface area contributed by atoms with Gasteiger partial charge in [0.25, 0.3) is 5.69 Å². The van der Waals surface area contributed by atoms with Crippen LogP contribution >= 0.6 is 0 Å². The third kappa shape index (κ3) is 5.61. The number of nitrogens with two attached hydrogens (primary N) is 1. The monoisotopic (exact) mass is 370 g/mol. The first-order chi connectivity index (χ1) is 12.8. The molecule has 0 aromatic heterocycles. The van der Waals surface area contributed by atoms with Crippen molar-refractivity contribution >= 4 is 23.2 Å². The molecule has 1 unspecified atom stereocenters. The Labute approximate surface area is 157 Å². The predicted octanol–water partition coefficient (Wildman–Crippen LogP) is 2.72. The Hall–Kier alpha value is -3.26. The number of benzene rings is 2. The van der Waals surface area contributed by atoms with E-state index in [9.17, 15) is 19.7 Å². The zero-order chi connectivity index (χ0) is 20.0. The van der Waals surface area contributed by atoms with Crippen molar-refractivity contribution in [2.24, 2.45) is 5.73 Å². The maximum Gasteiger partial charge on any atom is 0.269 e. The molecule has 0 fully saturated rings. The van der Waals surface area contributed by atoms with E-state index in [4.69, 9.17) is 5.73 Å². The molecule has 0 radical (unpaired) electrons. The van der Waals surface area contributed by atoms with Crippen molar-refractivity contribution in [2.75, 3.05) is 18.9 Å². The predicted molar refractivity (Wildman–Crippen MR) is 102 cm³/mol. The van der Waals surface area contributed by atoms with Crippen molar-refractivity contribution in [3.63, 3.8) is 0 Å². The second kappa shape index (κ2) is 8.91. The van der Waals surface area contributed by atoms with Crippen LogP contribution in [0.2, 0.25) is 0 Å². The van der Waals surface area contributed by atoms with Crippen molar-refractivity contribution in [3.05, 3.63) is 69.8 Å². The fraction of sp³-hybridized carbons (Fsp3) is 0.263. The summed E-state index contributed by atoms with van der Waals surface area (Å²) in [5, 5.41) is 13.7. The van der Waals surface area contributed by atoms with Gasteiger partial charge < -0.3 is 11.1 Å². The molecule has 1 atom stereocenters. The topological polar surface area (TPSA) is 119 Å². The summed E-state index contributed by atoms with van der Waals surface area (Å²) in [6.45, 7) is 2.41. The van der Waals surface area contributed by atoms with Crippen molar-refractivity contribution < 1.29 is 14.5 Å². The van der Waals surface area contributed by atoms with Crippen LogP contribution in [0.3, 0.4) is 0 Å². The minimum absolute atomic E-state index is 0.0462. The van der Waals surface area contributed by atoms with Crippen LogP contribution in [0, 0.1) is 10.1 Å². The van der Waals surface area contributed by atoms with Crippen LogP contribution in [0.25, 0.3) is 0 Å². The number of amides is 2. The molecule has 142 valence electrons. The second-order valence-corrected chi connectivity index (χ2v) is 6.25. The van der Waals surface area contributed by atoms with Gasteiger partial charge >= 0.3 is 0 Å². The molecule has 0 saturated carbocycles. The number of hydrogen-bond acceptors (Lipinski definition) is 5. The van der Waals surface area contributed by atoms with Crippen LogP contribution in [-0.4, -0.2) is 35.2 Å². The molecule has 0 spiro atoms. The van der Waals surface area contributed by atoms with Gasteiger partial charge in [-0.15, -0.1) is 0 Å². The molecule has 2 aromatic carbocycles. The number of rotatable bonds is 8. The molecule has 0 saturated heterocycles. The van der Waals surface area contributed by atoms with Crippen LogP contribution in [0.1, 0.15) is 35.3 Å². The zero-order valence-electron chi connectivity index (χ0n) is 15.2. The highest BCUT2D eigenvalue weighted by Gasteiger charge is 2.16. The molecule has 3 N–H and O–H groups in total. The Morgan fingerprint density at radius 3 is 2.48 bits per heavy atom. The van der Waals surface area contributed by atoms with E-state index in [1.165, 1.54) is 6.07 Å². The lowest BCUT2D eigenvalue weighted by molar-refractivity contribution is -0.384. The Kier molecular flexibility index (Phi) is 6.62. The number of nitro benzene ring substituents is 1. The maximum absolute atomic E-state index is 12.1. The van der Waals surface area contributed by atoms with E-state index in [2.05, 4.69) is 5.32 Å². The quantitative estimate of drug-likeness (QED) is 0.547. The van der Waals surface area contributed by atoms with Crippen LogP contribution in [0.15, 0.2) is 48.5 Å². The minimum Gasteiger partial charge on any atom is -0.366 e. The van der Waals surface area contributed by atoms with Gasteiger partial charge in [0.1, 0.15) is 0 Å². The molecule has 8 nitrogen and oxygen atoms in total. The first-order valence-electron chi connectivity index (χ1n) is 8.42. The number of nitrogens with zero attached hydrogens (tertiary/aromatic N) is 2. The van der Waals surface area contributed by atoms with Gasteiger partial charge in [-0.2, -0.15) is 0 Å². The standard InChI is InChI=1S/C19H22N4O4/c1-13(15-4-3-5-17(12-15)23(26)27)22(2)11-10-18(24)21-16-8-6-14(7-9-16)19(20)25/h3-9,12-13H,10-11H2,1-2H3,(H2,20,25)(H,21,24). The molecule has 0 aliphatic rings. The highest BCUT2D eigenvalue weighted by Crippen LogP contribution is 2.23. The summed E-state index contributed by atoms with van der Waals surface area (Å²) < 4.78 is 0. The van der Waals surface area contributed by atoms with Crippen LogP contribution in [0.5, 0.6) is 0 Å². The Morgan fingerprint density at radius 1 is 1.22 bits per heavy atom. The van der Waals surface area contributed by atoms with Gasteiger partial charge in [0.2, 0.25) is 11.8 Å². The molecule has 0 aliphatic heterocycles. The second-order valence-electron chi connectivity index (χ2n) is 6.25. The van der Waals surface area contributed by atoms with Gasteiger partial charge in [-0.05, 0) is 43.8 Å². The van der Waals surface area contributed by atoms with Gasteiger partial charge in [0, 0.05) is 42.4 Å². The summed E-state index contributed by atoms with van der Waals surface area (Å²) in [4.78, 5) is 35.6. The zero-order valence-corrected chi connectivity index (χ0v) is 15.2. The average Bonchev–Trinajstić information content (AvgIpc) is 2.66. The van der Waals surface area contributed by atoms with Gasteiger partial charge in [-0.25, -0.2) is 0 Å². The van der Waals surface area contributed by atoms with E-state index in [0.717, 1.165) is 5.56 Å². The van der Waals surface area contributed by atoms with Gasteiger partial charge in [0.15, 0.2) is 0 Å². The number of primary amides is 1. The lowest BCUT2D eigenvalue weighted by Crippen LogP contribution is -2.27. The molecule has 0 bridgehead atoms. The molecule has 8 heteroatoms. The summed E-state index contributed by atoms with van der Waals surface area (Å²) in [5.74, 6) is -0.690. The third-order valence-electron chi connectivity index (χ3n) is 4.37. The number of carbonyl (C=O) groups is 2. The fourth-order valence-corrected chi connectivity index (χ4v) is 2.57. The molecular weight excluding hydrogens is 348 g/mol. The van der Waals surface area contributed by atoms with Gasteiger partial charge in [-0.1, -0.05) is 12.1 Å². The van der Waals surface area contributed by atoms with E-state index in [1.807, 2.05) is 24.9 Å². The summed E-state index contributed by atoms with van der Waals surface area (Å²) in [5.41, 5.74) is 7.00. The number of anilines is 1. The van der Waals surface area contributed by atoms with E-state index in [1.54, 1.807) is 36.4 Å². The summed E-state index contributed by atoms with van der Waals surface area (Å²) in [6.07, 6.45) is 0.257. The Balaban J connectivity index is 1.89. The number of hydrogen-bond donors (Lipinski definition) is 2. The summed E-state index contributed by atoms with van der Waals surface area (Å²) >= 11 is 0. The highest BCUT2D eigenvalue weighted by atomic mass is 16.6. The summed E-state index contributed by atoms with van der Waals surface area (Å²) in [7, 11) is 1.86. The number of nitrogens with one attached hydrogen (secondary N) is 1. The largest absolute Gasteiger partial charge is 0.366 e. The van der Waals surface area contributed by atoms with Gasteiger partial charge in [-0.3, -0.25) is 24.6 Å². The molecule has 2 aromatic rings. The lowest BCUT2D eigenvalue weighted by Gasteiger charge is -2.24. The molecule has 27 heavy (non-hydrogen) atoms. The molecular formula is C19H22N4O4. The summed E-state index contributed by atoms with van der Waals surface area (Å²) in [6, 6.07) is 12.7. The molecule has 2 rings (SSSR count). The molecule has 2 amide bonds. The number of carbonyl (C=O) groups excluding carboxylic acids is 2. The van der Waals surface area contributed by atoms with Crippen molar-refractivity contribution in [1.82, 2.24) is 4.90 Å². The normalized spacial score (nSPS) is 11.8. The third-order valence-corrected chi connectivity index (χ3v) is 4.37. The van der Waals surface area contributed by atoms with E-state index < -0.39 is 10.8 Å². The number of non-ortho nitro benzene ring substituents is 1. The smallest absolute Gasteiger partial charge is 0.269 e. The Bertz CT molecular complexity index is 836. The lowest BCUT2D eigenvalue weighted by atomic mass is 10.1. The van der Waals surface area contributed by atoms with E-state index >= 15 is 0 Å². The fourth-order valence-electron chi connectivity index (χ4n) is 2.57. The van der Waals surface area contributed by atoms with Crippen molar-refractivity contribution in [2.45, 2.75) is 19.4 Å². The molecule has 0 aliphatic carbocycles. The maximum atomic E-state index is 12.1. The number of nitro groups is 1. The first-order valence-corrected chi connectivity index (χ1v) is 8.42. The van der Waals surface area contributed by atoms with Crippen LogP contribution in [0.4, 0.5) is 11.4 Å². The van der Waals surface area contributed by atoms with E-state index in [-0.39, 0.29) is 24.1 Å². The SMILES string of the molecule is CC(c1cccc([N+](=O)[O-])c1)N(C)CCC(=O)Nc1ccc(C(N)=O)cc1.